The average molecular weight is 440 g/mol. The van der Waals surface area contributed by atoms with Crippen molar-refractivity contribution in [2.75, 3.05) is 20.3 Å². The molecular weight excluding hydrogens is 416 g/mol. The molecule has 0 unspecified atom stereocenters. The highest BCUT2D eigenvalue weighted by atomic mass is 16.5. The van der Waals surface area contributed by atoms with Crippen LogP contribution in [0, 0.1) is 12.3 Å². The highest BCUT2D eigenvalue weighted by Gasteiger charge is 2.26. The Balaban J connectivity index is 1.73. The van der Waals surface area contributed by atoms with Crippen LogP contribution in [0.3, 0.4) is 0 Å². The van der Waals surface area contributed by atoms with E-state index in [1.54, 1.807) is 7.11 Å². The van der Waals surface area contributed by atoms with Crippen molar-refractivity contribution in [3.8, 4) is 18.1 Å². The van der Waals surface area contributed by atoms with Crippen molar-refractivity contribution in [3.63, 3.8) is 0 Å². The molecule has 2 aromatic carbocycles. The van der Waals surface area contributed by atoms with E-state index in [4.69, 9.17) is 20.9 Å². The van der Waals surface area contributed by atoms with Gasteiger partial charge in [0.15, 0.2) is 6.61 Å². The zero-order valence-corrected chi connectivity index (χ0v) is 18.4. The maximum Gasteiger partial charge on any atom is 0.339 e. The lowest BCUT2D eigenvalue weighted by Crippen LogP contribution is -2.29. The average Bonchev–Trinajstić information content (AvgIpc) is 2.85. The Morgan fingerprint density at radius 3 is 2.70 bits per heavy atom. The quantitative estimate of drug-likeness (QED) is 0.463. The number of carbonyl (C=O) groups excluding carboxylic acids is 2. The lowest BCUT2D eigenvalue weighted by molar-refractivity contribution is -0.123. The van der Waals surface area contributed by atoms with Crippen LogP contribution in [0.15, 0.2) is 48.5 Å². The molecule has 0 radical (unpaired) electrons. The number of pyridine rings is 1. The van der Waals surface area contributed by atoms with Crippen LogP contribution in [0.2, 0.25) is 0 Å². The summed E-state index contributed by atoms with van der Waals surface area (Å²) in [6.07, 6.45) is 9.70. The minimum Gasteiger partial charge on any atom is -0.497 e. The van der Waals surface area contributed by atoms with E-state index in [9.17, 15) is 9.59 Å². The smallest absolute Gasteiger partial charge is 0.339 e. The fraction of sp³-hybridized carbons (Fsp3) is 0.222. The van der Waals surface area contributed by atoms with E-state index in [0.29, 0.717) is 17.5 Å². The molecular formula is C27H24N2O4. The number of hydrogen-bond acceptors (Lipinski definition) is 5. The number of benzene rings is 2. The lowest BCUT2D eigenvalue weighted by Gasteiger charge is -2.22. The first-order chi connectivity index (χ1) is 16.1. The second-order valence-corrected chi connectivity index (χ2v) is 7.68. The molecule has 0 spiro atoms. The van der Waals surface area contributed by atoms with Crippen LogP contribution in [0.1, 0.15) is 40.0 Å². The largest absolute Gasteiger partial charge is 0.497 e. The summed E-state index contributed by atoms with van der Waals surface area (Å²) < 4.78 is 10.6. The van der Waals surface area contributed by atoms with Gasteiger partial charge >= 0.3 is 5.97 Å². The summed E-state index contributed by atoms with van der Waals surface area (Å²) in [7, 11) is 1.64. The number of fused-ring (bicyclic) bond motifs is 2. The Kier molecular flexibility index (Phi) is 6.70. The molecule has 0 saturated heterocycles. The van der Waals surface area contributed by atoms with E-state index in [-0.39, 0.29) is 13.2 Å². The first-order valence-electron chi connectivity index (χ1n) is 10.7. The molecule has 6 heteroatoms. The highest BCUT2D eigenvalue weighted by Crippen LogP contribution is 2.36. The van der Waals surface area contributed by atoms with Gasteiger partial charge in [-0.15, -0.1) is 6.42 Å². The molecule has 0 bridgehead atoms. The van der Waals surface area contributed by atoms with Crippen LogP contribution >= 0.6 is 0 Å². The van der Waals surface area contributed by atoms with Crippen molar-refractivity contribution in [1.82, 2.24) is 10.3 Å². The Bertz CT molecular complexity index is 1270. The van der Waals surface area contributed by atoms with Gasteiger partial charge in [-0.2, -0.15) is 0 Å². The molecule has 1 aromatic heterocycles. The van der Waals surface area contributed by atoms with Gasteiger partial charge in [-0.05, 0) is 60.2 Å². The topological polar surface area (TPSA) is 77.5 Å². The van der Waals surface area contributed by atoms with Gasteiger partial charge in [0.1, 0.15) is 5.75 Å². The Morgan fingerprint density at radius 1 is 1.15 bits per heavy atom. The summed E-state index contributed by atoms with van der Waals surface area (Å²) in [4.78, 5) is 29.9. The molecule has 1 aliphatic rings. The van der Waals surface area contributed by atoms with E-state index in [1.807, 2.05) is 48.5 Å². The van der Waals surface area contributed by atoms with Crippen molar-refractivity contribution in [2.24, 2.45) is 0 Å². The summed E-state index contributed by atoms with van der Waals surface area (Å²) in [5.41, 5.74) is 4.94. The number of amides is 1. The number of para-hydroxylation sites is 1. The Hall–Kier alpha value is -4.11. The summed E-state index contributed by atoms with van der Waals surface area (Å²) in [6.45, 7) is -0.302. The Labute approximate surface area is 192 Å². The van der Waals surface area contributed by atoms with Crippen molar-refractivity contribution in [3.05, 3.63) is 70.9 Å². The molecule has 0 fully saturated rings. The number of rotatable bonds is 6. The maximum absolute atomic E-state index is 13.1. The van der Waals surface area contributed by atoms with E-state index in [1.165, 1.54) is 0 Å². The van der Waals surface area contributed by atoms with E-state index in [0.717, 1.165) is 46.4 Å². The molecule has 1 heterocycles. The fourth-order valence-electron chi connectivity index (χ4n) is 4.01. The third kappa shape index (κ3) is 4.88. The first-order valence-corrected chi connectivity index (χ1v) is 10.7. The predicted molar refractivity (Wildman–Crippen MR) is 128 cm³/mol. The van der Waals surface area contributed by atoms with E-state index < -0.39 is 11.9 Å². The first kappa shape index (κ1) is 22.1. The second kappa shape index (κ2) is 10.0. The number of nitrogens with zero attached hydrogens (tertiary/aromatic N) is 1. The predicted octanol–water partition coefficient (Wildman–Crippen LogP) is 4.03. The number of nitrogens with one attached hydrogen (secondary N) is 1. The normalized spacial score (nSPS) is 13.8. The lowest BCUT2D eigenvalue weighted by atomic mass is 9.86. The molecule has 33 heavy (non-hydrogen) atoms. The number of aromatic nitrogens is 1. The van der Waals surface area contributed by atoms with Gasteiger partial charge < -0.3 is 14.8 Å². The van der Waals surface area contributed by atoms with Gasteiger partial charge in [0.25, 0.3) is 5.91 Å². The van der Waals surface area contributed by atoms with Crippen LogP contribution in [0.5, 0.6) is 5.75 Å². The number of hydrogen-bond donors (Lipinski definition) is 1. The molecule has 166 valence electrons. The molecule has 3 aromatic rings. The fourth-order valence-corrected chi connectivity index (χ4v) is 4.01. The number of esters is 1. The van der Waals surface area contributed by atoms with Crippen LogP contribution < -0.4 is 10.1 Å². The summed E-state index contributed by atoms with van der Waals surface area (Å²) in [5, 5.41) is 3.22. The number of ether oxygens (including phenoxy) is 2. The summed E-state index contributed by atoms with van der Waals surface area (Å²) in [5.74, 6) is 2.14. The minimum atomic E-state index is -0.536. The van der Waals surface area contributed by atoms with Crippen LogP contribution in [-0.2, 0) is 16.0 Å². The zero-order valence-electron chi connectivity index (χ0n) is 18.4. The third-order valence-corrected chi connectivity index (χ3v) is 5.55. The monoisotopic (exact) mass is 440 g/mol. The van der Waals surface area contributed by atoms with Gasteiger partial charge in [0.05, 0.1) is 30.4 Å². The third-order valence-electron chi connectivity index (χ3n) is 5.55. The zero-order chi connectivity index (χ0) is 23.2. The summed E-state index contributed by atoms with van der Waals surface area (Å²) >= 11 is 0. The van der Waals surface area contributed by atoms with Gasteiger partial charge in [-0.25, -0.2) is 9.78 Å². The van der Waals surface area contributed by atoms with Crippen molar-refractivity contribution in [1.29, 1.82) is 0 Å². The molecule has 0 aliphatic heterocycles. The van der Waals surface area contributed by atoms with Crippen molar-refractivity contribution < 1.29 is 19.1 Å². The Morgan fingerprint density at radius 2 is 1.94 bits per heavy atom. The molecule has 0 atom stereocenters. The number of allylic oxidation sites excluding steroid dienone is 1. The molecule has 6 nitrogen and oxygen atoms in total. The van der Waals surface area contributed by atoms with Gasteiger partial charge in [-0.1, -0.05) is 36.3 Å². The standard InChI is InChI=1S/C27H24N2O4/c1-3-15-28-24(30)17-33-27(31)25-21-8-4-5-10-23(21)29-26-19(7-6-9-22(25)26)16-18-11-13-20(32-2)14-12-18/h1,4-5,8,10-14,16H,6-7,9,15,17H2,2H3,(H,28,30)/b19-16+. The SMILES string of the molecule is C#CCNC(=O)COC(=O)c1c2c(nc3ccccc13)/C(=C/c1ccc(OC)cc1)CCC2. The molecule has 1 amide bonds. The number of carbonyl (C=O) groups is 2. The van der Waals surface area contributed by atoms with Gasteiger partial charge in [-0.3, -0.25) is 4.79 Å². The van der Waals surface area contributed by atoms with E-state index >= 15 is 0 Å². The molecule has 0 saturated carbocycles. The van der Waals surface area contributed by atoms with Gasteiger partial charge in [0.2, 0.25) is 0 Å². The number of terminal acetylenes is 1. The summed E-state index contributed by atoms with van der Waals surface area (Å²) in [6, 6.07) is 15.3. The highest BCUT2D eigenvalue weighted by molar-refractivity contribution is 6.07. The van der Waals surface area contributed by atoms with Crippen LogP contribution in [-0.4, -0.2) is 37.1 Å². The van der Waals surface area contributed by atoms with Crippen LogP contribution in [0.25, 0.3) is 22.6 Å². The van der Waals surface area contributed by atoms with Crippen molar-refractivity contribution >= 4 is 34.4 Å². The second-order valence-electron chi connectivity index (χ2n) is 7.68. The molecule has 1 aliphatic carbocycles. The van der Waals surface area contributed by atoms with Crippen molar-refractivity contribution in [2.45, 2.75) is 19.3 Å². The minimum absolute atomic E-state index is 0.0868. The van der Waals surface area contributed by atoms with E-state index in [2.05, 4.69) is 17.3 Å². The molecule has 1 N–H and O–H groups in total. The van der Waals surface area contributed by atoms with Crippen LogP contribution in [0.4, 0.5) is 0 Å². The maximum atomic E-state index is 13.1. The number of methoxy groups -OCH3 is 1. The van der Waals surface area contributed by atoms with Gasteiger partial charge in [0, 0.05) is 5.39 Å². The molecule has 4 rings (SSSR count).